The highest BCUT2D eigenvalue weighted by atomic mass is 19.1. The number of halogens is 1. The highest BCUT2D eigenvalue weighted by molar-refractivity contribution is 5.65. The average molecular weight is 229 g/mol. The third kappa shape index (κ3) is 2.98. The van der Waals surface area contributed by atoms with E-state index in [2.05, 4.69) is 4.98 Å². The molecule has 2 nitrogen and oxygen atoms in total. The SMILES string of the molecule is OC/C(F)=C\c1ccc(-c2ccncc2)cc1. The van der Waals surface area contributed by atoms with Gasteiger partial charge >= 0.3 is 0 Å². The molecule has 0 fully saturated rings. The lowest BCUT2D eigenvalue weighted by Gasteiger charge is -2.01. The molecule has 0 amide bonds. The predicted molar refractivity (Wildman–Crippen MR) is 65.8 cm³/mol. The van der Waals surface area contributed by atoms with Crippen molar-refractivity contribution in [2.24, 2.45) is 0 Å². The first-order valence-electron chi connectivity index (χ1n) is 5.27. The lowest BCUT2D eigenvalue weighted by Crippen LogP contribution is -1.83. The van der Waals surface area contributed by atoms with Gasteiger partial charge in [0.1, 0.15) is 5.83 Å². The van der Waals surface area contributed by atoms with Crippen molar-refractivity contribution in [1.29, 1.82) is 0 Å². The molecule has 1 aromatic carbocycles. The number of nitrogens with zero attached hydrogens (tertiary/aromatic N) is 1. The summed E-state index contributed by atoms with van der Waals surface area (Å²) in [6.07, 6.45) is 4.78. The zero-order valence-corrected chi connectivity index (χ0v) is 9.18. The van der Waals surface area contributed by atoms with Crippen LogP contribution in [0.2, 0.25) is 0 Å². The Morgan fingerprint density at radius 3 is 2.24 bits per heavy atom. The van der Waals surface area contributed by atoms with Crippen molar-refractivity contribution in [1.82, 2.24) is 4.98 Å². The third-order valence-corrected chi connectivity index (χ3v) is 2.40. The number of aliphatic hydroxyl groups excluding tert-OH is 1. The van der Waals surface area contributed by atoms with E-state index in [4.69, 9.17) is 5.11 Å². The number of hydrogen-bond donors (Lipinski definition) is 1. The zero-order chi connectivity index (χ0) is 12.1. The molecule has 0 saturated heterocycles. The van der Waals surface area contributed by atoms with Crippen molar-refractivity contribution in [2.75, 3.05) is 6.61 Å². The first-order chi connectivity index (χ1) is 8.29. The monoisotopic (exact) mass is 229 g/mol. The normalized spacial score (nSPS) is 11.5. The van der Waals surface area contributed by atoms with Crippen molar-refractivity contribution in [3.8, 4) is 11.1 Å². The molecule has 1 aromatic heterocycles. The second-order valence-electron chi connectivity index (χ2n) is 3.61. The number of benzene rings is 1. The molecule has 1 N–H and O–H groups in total. The summed E-state index contributed by atoms with van der Waals surface area (Å²) in [6.45, 7) is -0.563. The van der Waals surface area contributed by atoms with Crippen molar-refractivity contribution in [3.63, 3.8) is 0 Å². The minimum atomic E-state index is -0.563. The van der Waals surface area contributed by atoms with E-state index in [1.807, 2.05) is 36.4 Å². The van der Waals surface area contributed by atoms with Gasteiger partial charge in [-0.15, -0.1) is 0 Å². The van der Waals surface area contributed by atoms with Gasteiger partial charge in [-0.1, -0.05) is 24.3 Å². The van der Waals surface area contributed by atoms with Crippen LogP contribution in [0.1, 0.15) is 5.56 Å². The van der Waals surface area contributed by atoms with Crippen LogP contribution in [0, 0.1) is 0 Å². The molecule has 0 spiro atoms. The summed E-state index contributed by atoms with van der Waals surface area (Å²) in [7, 11) is 0. The van der Waals surface area contributed by atoms with Crippen LogP contribution in [-0.4, -0.2) is 16.7 Å². The van der Waals surface area contributed by atoms with Crippen LogP contribution in [0.5, 0.6) is 0 Å². The van der Waals surface area contributed by atoms with E-state index < -0.39 is 12.4 Å². The molecule has 1 heterocycles. The van der Waals surface area contributed by atoms with E-state index >= 15 is 0 Å². The third-order valence-electron chi connectivity index (χ3n) is 2.40. The van der Waals surface area contributed by atoms with Gasteiger partial charge in [0.25, 0.3) is 0 Å². The fourth-order valence-corrected chi connectivity index (χ4v) is 1.54. The van der Waals surface area contributed by atoms with Gasteiger partial charge in [0, 0.05) is 12.4 Å². The van der Waals surface area contributed by atoms with E-state index in [0.717, 1.165) is 16.7 Å². The fourth-order valence-electron chi connectivity index (χ4n) is 1.54. The first kappa shape index (κ1) is 11.5. The summed E-state index contributed by atoms with van der Waals surface area (Å²) < 4.78 is 12.8. The highest BCUT2D eigenvalue weighted by Gasteiger charge is 1.97. The summed E-state index contributed by atoms with van der Waals surface area (Å²) >= 11 is 0. The maximum atomic E-state index is 12.8. The summed E-state index contributed by atoms with van der Waals surface area (Å²) in [5.41, 5.74) is 2.85. The van der Waals surface area contributed by atoms with E-state index in [-0.39, 0.29) is 0 Å². The number of rotatable bonds is 3. The van der Waals surface area contributed by atoms with E-state index in [9.17, 15) is 4.39 Å². The van der Waals surface area contributed by atoms with E-state index in [0.29, 0.717) is 0 Å². The molecular weight excluding hydrogens is 217 g/mol. The molecule has 0 unspecified atom stereocenters. The van der Waals surface area contributed by atoms with Crippen LogP contribution in [0.3, 0.4) is 0 Å². The fraction of sp³-hybridized carbons (Fsp3) is 0.0714. The van der Waals surface area contributed by atoms with Gasteiger partial charge in [0.05, 0.1) is 6.61 Å². The minimum Gasteiger partial charge on any atom is -0.389 e. The Morgan fingerprint density at radius 1 is 1.06 bits per heavy atom. The van der Waals surface area contributed by atoms with Crippen LogP contribution >= 0.6 is 0 Å². The summed E-state index contributed by atoms with van der Waals surface area (Å²) in [5, 5.41) is 8.58. The number of pyridine rings is 1. The summed E-state index contributed by atoms with van der Waals surface area (Å²) in [4.78, 5) is 3.95. The number of aromatic nitrogens is 1. The Balaban J connectivity index is 2.25. The molecule has 2 rings (SSSR count). The minimum absolute atomic E-state index is 0.540. The Morgan fingerprint density at radius 2 is 1.65 bits per heavy atom. The van der Waals surface area contributed by atoms with Crippen LogP contribution in [0.4, 0.5) is 4.39 Å². The molecule has 0 saturated carbocycles. The maximum absolute atomic E-state index is 12.8. The van der Waals surface area contributed by atoms with Crippen molar-refractivity contribution < 1.29 is 9.50 Å². The molecule has 2 aromatic rings. The molecule has 17 heavy (non-hydrogen) atoms. The highest BCUT2D eigenvalue weighted by Crippen LogP contribution is 2.19. The van der Waals surface area contributed by atoms with Crippen molar-refractivity contribution in [3.05, 3.63) is 60.2 Å². The molecule has 0 atom stereocenters. The van der Waals surface area contributed by atoms with E-state index in [1.165, 1.54) is 6.08 Å². The molecule has 0 bridgehead atoms. The van der Waals surface area contributed by atoms with Crippen molar-refractivity contribution in [2.45, 2.75) is 0 Å². The van der Waals surface area contributed by atoms with Crippen LogP contribution < -0.4 is 0 Å². The van der Waals surface area contributed by atoms with Gasteiger partial charge in [-0.25, -0.2) is 4.39 Å². The second-order valence-corrected chi connectivity index (χ2v) is 3.61. The largest absolute Gasteiger partial charge is 0.389 e. The van der Waals surface area contributed by atoms with Gasteiger partial charge in [-0.05, 0) is 34.9 Å². The van der Waals surface area contributed by atoms with Gasteiger partial charge in [-0.2, -0.15) is 0 Å². The molecule has 0 aliphatic heterocycles. The Labute approximate surface area is 99.1 Å². The van der Waals surface area contributed by atoms with Crippen molar-refractivity contribution >= 4 is 6.08 Å². The lowest BCUT2D eigenvalue weighted by atomic mass is 10.1. The molecule has 3 heteroatoms. The molecule has 0 radical (unpaired) electrons. The average Bonchev–Trinajstić information content (AvgIpc) is 2.40. The topological polar surface area (TPSA) is 33.1 Å². The quantitative estimate of drug-likeness (QED) is 0.877. The maximum Gasteiger partial charge on any atom is 0.126 e. The summed E-state index contributed by atoms with van der Waals surface area (Å²) in [5.74, 6) is -0.540. The number of hydrogen-bond acceptors (Lipinski definition) is 2. The molecular formula is C14H12FNO. The molecule has 86 valence electrons. The zero-order valence-electron chi connectivity index (χ0n) is 9.18. The van der Waals surface area contributed by atoms with Gasteiger partial charge in [0.2, 0.25) is 0 Å². The lowest BCUT2D eigenvalue weighted by molar-refractivity contribution is 0.300. The molecule has 0 aliphatic carbocycles. The van der Waals surface area contributed by atoms with Gasteiger partial charge in [0.15, 0.2) is 0 Å². The first-order valence-corrected chi connectivity index (χ1v) is 5.27. The molecule has 0 aliphatic rings. The predicted octanol–water partition coefficient (Wildman–Crippen LogP) is 3.05. The smallest absolute Gasteiger partial charge is 0.126 e. The van der Waals surface area contributed by atoms with E-state index in [1.54, 1.807) is 12.4 Å². The van der Waals surface area contributed by atoms with Crippen LogP contribution in [-0.2, 0) is 0 Å². The van der Waals surface area contributed by atoms with Crippen LogP contribution in [0.15, 0.2) is 54.6 Å². The standard InChI is InChI=1S/C14H12FNO/c15-14(10-17)9-11-1-3-12(4-2-11)13-5-7-16-8-6-13/h1-9,17H,10H2/b14-9+. The van der Waals surface area contributed by atoms with Gasteiger partial charge < -0.3 is 5.11 Å². The van der Waals surface area contributed by atoms with Gasteiger partial charge in [-0.3, -0.25) is 4.98 Å². The summed E-state index contributed by atoms with van der Waals surface area (Å²) in [6, 6.07) is 11.3. The number of aliphatic hydroxyl groups is 1. The Hall–Kier alpha value is -2.00. The second kappa shape index (κ2) is 5.37. The Kier molecular flexibility index (Phi) is 3.62. The van der Waals surface area contributed by atoms with Crippen LogP contribution in [0.25, 0.3) is 17.2 Å². The Bertz CT molecular complexity index is 506.